The smallest absolute Gasteiger partial charge is 0.326 e. The van der Waals surface area contributed by atoms with Gasteiger partial charge in [0, 0.05) is 5.56 Å². The van der Waals surface area contributed by atoms with E-state index in [1.165, 1.54) is 0 Å². The number of unbranched alkanes of at least 4 members (excludes halogenated alkanes) is 1. The lowest BCUT2D eigenvalue weighted by molar-refractivity contribution is -0.141. The average Bonchev–Trinajstić information content (AvgIpc) is 2.52. The molecule has 0 aromatic heterocycles. The zero-order valence-corrected chi connectivity index (χ0v) is 12.2. The molecule has 1 aromatic rings. The average molecular weight is 304 g/mol. The summed E-state index contributed by atoms with van der Waals surface area (Å²) in [5.74, 6) is -2.00. The molecule has 1 rings (SSSR count). The van der Waals surface area contributed by atoms with E-state index >= 15 is 0 Å². The van der Waals surface area contributed by atoms with Gasteiger partial charge in [-0.25, -0.2) is 4.79 Å². The van der Waals surface area contributed by atoms with E-state index in [4.69, 9.17) is 5.11 Å². The Morgan fingerprint density at radius 2 is 1.91 bits per heavy atom. The van der Waals surface area contributed by atoms with Gasteiger partial charge in [-0.2, -0.15) is 0 Å². The van der Waals surface area contributed by atoms with E-state index in [1.807, 2.05) is 0 Å². The second-order valence-electron chi connectivity index (χ2n) is 4.73. The minimum Gasteiger partial charge on any atom is -0.480 e. The van der Waals surface area contributed by atoms with E-state index in [0.29, 0.717) is 24.8 Å². The summed E-state index contributed by atoms with van der Waals surface area (Å²) >= 11 is 0. The minimum atomic E-state index is -1.09. The maximum Gasteiger partial charge on any atom is 0.326 e. The number of carboxylic acids is 1. The van der Waals surface area contributed by atoms with Gasteiger partial charge < -0.3 is 15.7 Å². The molecule has 0 aliphatic rings. The maximum atomic E-state index is 11.8. The van der Waals surface area contributed by atoms with E-state index in [1.54, 1.807) is 36.4 Å². The molecule has 118 valence electrons. The Kier molecular flexibility index (Phi) is 7.39. The standard InChI is InChI=1S/C16H20N2O4/c1-2-3-5-10-13(16(21)22)18-14(19)11-17-15(20)12-8-6-4-7-9-12/h2,4,6-9,13H,1,3,5,10-11H2,(H,17,20)(H,18,19)(H,21,22)/t13-/m1/s1. The van der Waals surface area contributed by atoms with Crippen molar-refractivity contribution in [3.63, 3.8) is 0 Å². The van der Waals surface area contributed by atoms with Gasteiger partial charge in [0.25, 0.3) is 5.91 Å². The van der Waals surface area contributed by atoms with Crippen molar-refractivity contribution >= 4 is 17.8 Å². The van der Waals surface area contributed by atoms with Gasteiger partial charge in [-0.15, -0.1) is 6.58 Å². The van der Waals surface area contributed by atoms with Gasteiger partial charge in [-0.05, 0) is 31.4 Å². The number of amides is 2. The third-order valence-corrected chi connectivity index (χ3v) is 2.98. The van der Waals surface area contributed by atoms with Crippen LogP contribution in [0, 0.1) is 0 Å². The van der Waals surface area contributed by atoms with Crippen molar-refractivity contribution in [1.29, 1.82) is 0 Å². The normalized spacial score (nSPS) is 11.3. The van der Waals surface area contributed by atoms with Crippen molar-refractivity contribution in [2.45, 2.75) is 25.3 Å². The lowest BCUT2D eigenvalue weighted by Gasteiger charge is -2.14. The molecule has 1 aromatic carbocycles. The molecule has 22 heavy (non-hydrogen) atoms. The first-order chi connectivity index (χ1) is 10.5. The Bertz CT molecular complexity index is 528. The Morgan fingerprint density at radius 3 is 2.50 bits per heavy atom. The monoisotopic (exact) mass is 304 g/mol. The highest BCUT2D eigenvalue weighted by Gasteiger charge is 2.19. The maximum absolute atomic E-state index is 11.8. The summed E-state index contributed by atoms with van der Waals surface area (Å²) in [5.41, 5.74) is 0.441. The highest BCUT2D eigenvalue weighted by Crippen LogP contribution is 2.02. The molecule has 0 saturated carbocycles. The van der Waals surface area contributed by atoms with Crippen LogP contribution in [0.4, 0.5) is 0 Å². The molecule has 1 atom stereocenters. The van der Waals surface area contributed by atoms with Gasteiger partial charge in [0.15, 0.2) is 0 Å². The highest BCUT2D eigenvalue weighted by molar-refractivity contribution is 5.96. The Labute approximate surface area is 129 Å². The summed E-state index contributed by atoms with van der Waals surface area (Å²) in [5, 5.41) is 13.9. The van der Waals surface area contributed by atoms with E-state index in [2.05, 4.69) is 17.2 Å². The quantitative estimate of drug-likeness (QED) is 0.474. The van der Waals surface area contributed by atoms with E-state index < -0.39 is 17.9 Å². The lowest BCUT2D eigenvalue weighted by Crippen LogP contribution is -2.45. The van der Waals surface area contributed by atoms with Gasteiger partial charge in [0.05, 0.1) is 6.54 Å². The number of carbonyl (C=O) groups excluding carboxylic acids is 2. The van der Waals surface area contributed by atoms with Gasteiger partial charge in [0.2, 0.25) is 5.91 Å². The third-order valence-electron chi connectivity index (χ3n) is 2.98. The van der Waals surface area contributed by atoms with Gasteiger partial charge in [-0.3, -0.25) is 9.59 Å². The number of allylic oxidation sites excluding steroid dienone is 1. The molecule has 0 radical (unpaired) electrons. The fraction of sp³-hybridized carbons (Fsp3) is 0.312. The summed E-state index contributed by atoms with van der Waals surface area (Å²) in [4.78, 5) is 34.5. The summed E-state index contributed by atoms with van der Waals surface area (Å²) in [6, 6.07) is 7.51. The van der Waals surface area contributed by atoms with Crippen LogP contribution in [0.2, 0.25) is 0 Å². The van der Waals surface area contributed by atoms with Crippen molar-refractivity contribution < 1.29 is 19.5 Å². The fourth-order valence-electron chi connectivity index (χ4n) is 1.82. The van der Waals surface area contributed by atoms with Crippen LogP contribution in [0.5, 0.6) is 0 Å². The molecule has 2 amide bonds. The number of rotatable bonds is 9. The topological polar surface area (TPSA) is 95.5 Å². The zero-order valence-electron chi connectivity index (χ0n) is 12.2. The Balaban J connectivity index is 2.41. The molecular weight excluding hydrogens is 284 g/mol. The zero-order chi connectivity index (χ0) is 16.4. The second kappa shape index (κ2) is 9.33. The molecule has 3 N–H and O–H groups in total. The Morgan fingerprint density at radius 1 is 1.23 bits per heavy atom. The SMILES string of the molecule is C=CCCC[C@@H](NC(=O)CNC(=O)c1ccccc1)C(=O)O. The first-order valence-electron chi connectivity index (χ1n) is 7.01. The molecule has 0 heterocycles. The summed E-state index contributed by atoms with van der Waals surface area (Å²) in [6.07, 6.45) is 3.32. The first kappa shape index (κ1) is 17.4. The van der Waals surface area contributed by atoms with Crippen molar-refractivity contribution in [2.24, 2.45) is 0 Å². The van der Waals surface area contributed by atoms with Crippen LogP contribution < -0.4 is 10.6 Å². The van der Waals surface area contributed by atoms with Crippen LogP contribution in [0.25, 0.3) is 0 Å². The highest BCUT2D eigenvalue weighted by atomic mass is 16.4. The van der Waals surface area contributed by atoms with Crippen LogP contribution in [-0.2, 0) is 9.59 Å². The molecule has 6 heteroatoms. The van der Waals surface area contributed by atoms with Crippen LogP contribution in [0.3, 0.4) is 0 Å². The summed E-state index contributed by atoms with van der Waals surface area (Å²) < 4.78 is 0. The van der Waals surface area contributed by atoms with Gasteiger partial charge in [0.1, 0.15) is 6.04 Å². The second-order valence-corrected chi connectivity index (χ2v) is 4.73. The van der Waals surface area contributed by atoms with Crippen LogP contribution in [0.15, 0.2) is 43.0 Å². The number of hydrogen-bond donors (Lipinski definition) is 3. The fourth-order valence-corrected chi connectivity index (χ4v) is 1.82. The number of benzene rings is 1. The minimum absolute atomic E-state index is 0.265. The summed E-state index contributed by atoms with van der Waals surface area (Å²) in [6.45, 7) is 3.29. The van der Waals surface area contributed by atoms with Crippen molar-refractivity contribution in [3.8, 4) is 0 Å². The van der Waals surface area contributed by atoms with E-state index in [9.17, 15) is 14.4 Å². The number of nitrogens with one attached hydrogen (secondary N) is 2. The molecule has 0 unspecified atom stereocenters. The molecule has 0 saturated heterocycles. The van der Waals surface area contributed by atoms with Crippen molar-refractivity contribution in [3.05, 3.63) is 48.6 Å². The molecular formula is C16H20N2O4. The predicted octanol–water partition coefficient (Wildman–Crippen LogP) is 1.34. The molecule has 0 spiro atoms. The van der Waals surface area contributed by atoms with Gasteiger partial charge >= 0.3 is 5.97 Å². The lowest BCUT2D eigenvalue weighted by atomic mass is 10.1. The molecule has 0 aliphatic heterocycles. The van der Waals surface area contributed by atoms with Crippen LogP contribution in [-0.4, -0.2) is 35.5 Å². The predicted molar refractivity (Wildman–Crippen MR) is 82.4 cm³/mol. The number of carbonyl (C=O) groups is 3. The van der Waals surface area contributed by atoms with Gasteiger partial charge in [-0.1, -0.05) is 24.3 Å². The number of carboxylic acid groups (broad SMARTS) is 1. The largest absolute Gasteiger partial charge is 0.480 e. The first-order valence-corrected chi connectivity index (χ1v) is 7.01. The van der Waals surface area contributed by atoms with Crippen LogP contribution in [0.1, 0.15) is 29.6 Å². The number of hydrogen-bond acceptors (Lipinski definition) is 3. The summed E-state index contributed by atoms with van der Waals surface area (Å²) in [7, 11) is 0. The van der Waals surface area contributed by atoms with Crippen molar-refractivity contribution in [1.82, 2.24) is 10.6 Å². The van der Waals surface area contributed by atoms with E-state index in [0.717, 1.165) is 0 Å². The third kappa shape index (κ3) is 6.21. The molecule has 0 aliphatic carbocycles. The van der Waals surface area contributed by atoms with Crippen molar-refractivity contribution in [2.75, 3.05) is 6.54 Å². The molecule has 6 nitrogen and oxygen atoms in total. The van der Waals surface area contributed by atoms with Crippen LogP contribution >= 0.6 is 0 Å². The number of aliphatic carboxylic acids is 1. The molecule has 0 bridgehead atoms. The van der Waals surface area contributed by atoms with E-state index in [-0.39, 0.29) is 12.5 Å². The molecule has 0 fully saturated rings. The Hall–Kier alpha value is -2.63.